The van der Waals surface area contributed by atoms with E-state index in [0.29, 0.717) is 5.41 Å². The van der Waals surface area contributed by atoms with Gasteiger partial charge in [-0.3, -0.25) is 0 Å². The summed E-state index contributed by atoms with van der Waals surface area (Å²) in [5.41, 5.74) is 0.533. The van der Waals surface area contributed by atoms with Gasteiger partial charge in [-0.25, -0.2) is 0 Å². The van der Waals surface area contributed by atoms with Crippen molar-refractivity contribution < 1.29 is 4.52 Å². The van der Waals surface area contributed by atoms with E-state index in [1.165, 1.54) is 18.7 Å². The third-order valence-corrected chi connectivity index (χ3v) is 8.30. The predicted octanol–water partition coefficient (Wildman–Crippen LogP) is 2.99. The Balaban J connectivity index is 2.24. The van der Waals surface area contributed by atoms with Crippen molar-refractivity contribution in [2.75, 3.05) is 25.6 Å². The van der Waals surface area contributed by atoms with Gasteiger partial charge in [0.25, 0.3) is 0 Å². The van der Waals surface area contributed by atoms with Crippen LogP contribution < -0.4 is 0 Å². The van der Waals surface area contributed by atoms with E-state index in [9.17, 15) is 0 Å². The normalized spacial score (nSPS) is 45.2. The summed E-state index contributed by atoms with van der Waals surface area (Å²) in [6.45, 7) is 10.7. The monoisotopic (exact) mass is 202 g/mol. The van der Waals surface area contributed by atoms with Gasteiger partial charge in [0.2, 0.25) is 0 Å². The summed E-state index contributed by atoms with van der Waals surface area (Å²) in [7, 11) is -1.20. The van der Waals surface area contributed by atoms with Crippen molar-refractivity contribution >= 4 is 7.49 Å². The van der Waals surface area contributed by atoms with E-state index < -0.39 is 7.49 Å². The first-order valence-electron chi connectivity index (χ1n) is 5.62. The molecule has 3 heterocycles. The Bertz CT molecular complexity index is 204. The molecule has 0 aliphatic carbocycles. The fourth-order valence-electron chi connectivity index (χ4n) is 3.38. The average Bonchev–Trinajstić information content (AvgIpc) is 2.03. The van der Waals surface area contributed by atoms with Gasteiger partial charge in [0, 0.05) is 0 Å². The molecule has 3 fully saturated rings. The second kappa shape index (κ2) is 2.94. The van der Waals surface area contributed by atoms with Gasteiger partial charge < -0.3 is 0 Å². The van der Waals surface area contributed by atoms with Crippen LogP contribution in [0.25, 0.3) is 0 Å². The van der Waals surface area contributed by atoms with E-state index in [2.05, 4.69) is 27.4 Å². The second-order valence-electron chi connectivity index (χ2n) is 5.73. The molecule has 3 rings (SSSR count). The molecule has 3 aliphatic rings. The van der Waals surface area contributed by atoms with Crippen LogP contribution in [0.3, 0.4) is 0 Å². The standard InChI is InChI=1S/C11H23OP/c1-9(2)11-5-6-13(4,12-8-11)7-10(11)3/h9-10,13H,5-8H2,1-4H3. The number of fused-ring (bicyclic) bond motifs is 3. The average molecular weight is 202 g/mol. The van der Waals surface area contributed by atoms with Crippen LogP contribution >= 0.6 is 7.49 Å². The summed E-state index contributed by atoms with van der Waals surface area (Å²) in [5.74, 6) is 1.70. The zero-order valence-electron chi connectivity index (χ0n) is 9.39. The quantitative estimate of drug-likeness (QED) is 0.594. The molecule has 0 aromatic heterocycles. The molecule has 3 aliphatic heterocycles. The van der Waals surface area contributed by atoms with Crippen molar-refractivity contribution in [1.82, 2.24) is 0 Å². The van der Waals surface area contributed by atoms with E-state index >= 15 is 0 Å². The van der Waals surface area contributed by atoms with Crippen LogP contribution in [-0.2, 0) is 4.52 Å². The first-order valence-corrected chi connectivity index (χ1v) is 8.45. The topological polar surface area (TPSA) is 9.23 Å². The summed E-state index contributed by atoms with van der Waals surface area (Å²) in [4.78, 5) is 0. The second-order valence-corrected chi connectivity index (χ2v) is 9.83. The molecule has 0 N–H and O–H groups in total. The van der Waals surface area contributed by atoms with Gasteiger partial charge in [-0.05, 0) is 0 Å². The molecule has 0 amide bonds. The van der Waals surface area contributed by atoms with Gasteiger partial charge in [0.15, 0.2) is 0 Å². The van der Waals surface area contributed by atoms with Gasteiger partial charge >= 0.3 is 82.1 Å². The van der Waals surface area contributed by atoms with Gasteiger partial charge in [0.05, 0.1) is 0 Å². The van der Waals surface area contributed by atoms with E-state index in [-0.39, 0.29) is 0 Å². The number of hydrogen-bond acceptors (Lipinski definition) is 1. The number of hydrogen-bond donors (Lipinski definition) is 0. The first kappa shape index (κ1) is 9.93. The molecule has 2 atom stereocenters. The van der Waals surface area contributed by atoms with Crippen LogP contribution in [-0.4, -0.2) is 25.6 Å². The van der Waals surface area contributed by atoms with Crippen LogP contribution in [0, 0.1) is 17.3 Å². The van der Waals surface area contributed by atoms with Crippen LogP contribution in [0.2, 0.25) is 0 Å². The Morgan fingerprint density at radius 3 is 2.54 bits per heavy atom. The maximum atomic E-state index is 6.14. The van der Waals surface area contributed by atoms with Crippen LogP contribution in [0.4, 0.5) is 0 Å². The molecule has 0 spiro atoms. The van der Waals surface area contributed by atoms with Crippen LogP contribution in [0.5, 0.6) is 0 Å². The molecule has 2 heteroatoms. The summed E-state index contributed by atoms with van der Waals surface area (Å²) in [6, 6.07) is 0. The molecule has 2 bridgehead atoms. The fourth-order valence-corrected chi connectivity index (χ4v) is 7.15. The summed E-state index contributed by atoms with van der Waals surface area (Å²) in [5, 5.41) is 0. The van der Waals surface area contributed by atoms with Gasteiger partial charge in [-0.2, -0.15) is 0 Å². The maximum absolute atomic E-state index is 6.14. The van der Waals surface area contributed by atoms with Gasteiger partial charge in [-0.1, -0.05) is 0 Å². The molecular weight excluding hydrogens is 179 g/mol. The van der Waals surface area contributed by atoms with Gasteiger partial charge in [0.1, 0.15) is 0 Å². The molecule has 78 valence electrons. The molecule has 0 radical (unpaired) electrons. The SMILES string of the molecule is CC(C)C12CC[PH](C)(CC1C)OC2. The fraction of sp³-hybridized carbons (Fsp3) is 1.00. The third kappa shape index (κ3) is 1.36. The van der Waals surface area contributed by atoms with Crippen molar-refractivity contribution in [3.63, 3.8) is 0 Å². The van der Waals surface area contributed by atoms with Crippen molar-refractivity contribution in [3.05, 3.63) is 0 Å². The molecule has 0 saturated carbocycles. The van der Waals surface area contributed by atoms with Crippen molar-refractivity contribution in [2.45, 2.75) is 27.2 Å². The molecule has 13 heavy (non-hydrogen) atoms. The Labute approximate surface area is 82.7 Å². The predicted molar refractivity (Wildman–Crippen MR) is 61.0 cm³/mol. The summed E-state index contributed by atoms with van der Waals surface area (Å²) >= 11 is 0. The Morgan fingerprint density at radius 1 is 1.46 bits per heavy atom. The Morgan fingerprint density at radius 2 is 2.15 bits per heavy atom. The minimum absolute atomic E-state index is 0.533. The van der Waals surface area contributed by atoms with Crippen molar-refractivity contribution in [3.8, 4) is 0 Å². The third-order valence-electron chi connectivity index (χ3n) is 4.68. The zero-order chi connectivity index (χ0) is 9.69. The van der Waals surface area contributed by atoms with Crippen LogP contribution in [0.15, 0.2) is 0 Å². The van der Waals surface area contributed by atoms with E-state index in [1.54, 1.807) is 0 Å². The Hall–Kier alpha value is 0.390. The molecular formula is C11H23OP. The first-order chi connectivity index (χ1) is 5.99. The molecule has 0 aromatic carbocycles. The number of rotatable bonds is 1. The van der Waals surface area contributed by atoms with E-state index in [1.807, 2.05) is 0 Å². The van der Waals surface area contributed by atoms with E-state index in [0.717, 1.165) is 18.4 Å². The molecule has 2 unspecified atom stereocenters. The van der Waals surface area contributed by atoms with Crippen molar-refractivity contribution in [2.24, 2.45) is 17.3 Å². The Kier molecular flexibility index (Phi) is 2.24. The summed E-state index contributed by atoms with van der Waals surface area (Å²) < 4.78 is 6.14. The molecule has 3 saturated heterocycles. The molecule has 0 aromatic rings. The molecule has 1 nitrogen and oxygen atoms in total. The van der Waals surface area contributed by atoms with E-state index in [4.69, 9.17) is 4.52 Å². The van der Waals surface area contributed by atoms with Crippen molar-refractivity contribution in [1.29, 1.82) is 0 Å². The van der Waals surface area contributed by atoms with Gasteiger partial charge in [-0.15, -0.1) is 0 Å². The summed E-state index contributed by atoms with van der Waals surface area (Å²) in [6.07, 6.45) is 4.26. The van der Waals surface area contributed by atoms with Crippen LogP contribution in [0.1, 0.15) is 27.2 Å². The minimum atomic E-state index is -1.20. The zero-order valence-corrected chi connectivity index (χ0v) is 10.4.